The zero-order valence-electron chi connectivity index (χ0n) is 59.3. The zero-order chi connectivity index (χ0) is 67.3. The summed E-state index contributed by atoms with van der Waals surface area (Å²) in [6, 6.07) is 0. The molecular weight excluding hydrogens is 1200 g/mol. The molecule has 3 N–H and O–H groups in total. The summed E-state index contributed by atoms with van der Waals surface area (Å²) in [5.41, 5.74) is 0. The lowest BCUT2D eigenvalue weighted by Crippen LogP contribution is -2.30. The van der Waals surface area contributed by atoms with Crippen molar-refractivity contribution in [2.45, 2.75) is 381 Å². The molecule has 0 heterocycles. The number of aliphatic hydroxyl groups excluding tert-OH is 1. The van der Waals surface area contributed by atoms with Gasteiger partial charge in [0, 0.05) is 25.7 Å². The largest absolute Gasteiger partial charge is 0.472 e. The third kappa shape index (κ3) is 66.5. The minimum atomic E-state index is -4.95. The lowest BCUT2D eigenvalue weighted by Gasteiger charge is -2.21. The molecule has 0 spiro atoms. The predicted molar refractivity (Wildman–Crippen MR) is 368 cm³/mol. The third-order valence-electron chi connectivity index (χ3n) is 16.6. The number of phosphoric acid groups is 2. The summed E-state index contributed by atoms with van der Waals surface area (Å²) >= 11 is 0. The van der Waals surface area contributed by atoms with Gasteiger partial charge in [0.15, 0.2) is 12.2 Å². The van der Waals surface area contributed by atoms with Crippen LogP contribution in [0.4, 0.5) is 0 Å². The van der Waals surface area contributed by atoms with E-state index in [1.165, 1.54) is 167 Å². The highest BCUT2D eigenvalue weighted by atomic mass is 31.2. The van der Waals surface area contributed by atoms with E-state index in [1.807, 2.05) is 0 Å². The second-order valence-electron chi connectivity index (χ2n) is 27.4. The van der Waals surface area contributed by atoms with Gasteiger partial charge in [-0.3, -0.25) is 37.3 Å². The third-order valence-corrected chi connectivity index (χ3v) is 18.5. The fourth-order valence-electron chi connectivity index (χ4n) is 10.9. The van der Waals surface area contributed by atoms with Crippen molar-refractivity contribution in [2.75, 3.05) is 39.6 Å². The molecule has 0 aromatic rings. The normalized spacial score (nSPS) is 14.2. The summed E-state index contributed by atoms with van der Waals surface area (Å²) in [6.07, 6.45) is 47.4. The van der Waals surface area contributed by atoms with Gasteiger partial charge in [0.05, 0.1) is 26.4 Å². The highest BCUT2D eigenvalue weighted by Crippen LogP contribution is 2.45. The van der Waals surface area contributed by atoms with Gasteiger partial charge in [0.2, 0.25) is 0 Å². The number of ether oxygens (including phenoxy) is 4. The molecular formula is C72H140O17P2. The molecule has 0 radical (unpaired) electrons. The topological polar surface area (TPSA) is 237 Å². The molecule has 540 valence electrons. The molecule has 2 unspecified atom stereocenters. The summed E-state index contributed by atoms with van der Waals surface area (Å²) in [6.45, 7) is 11.8. The van der Waals surface area contributed by atoms with Crippen molar-refractivity contribution in [3.8, 4) is 0 Å². The van der Waals surface area contributed by atoms with E-state index >= 15 is 0 Å². The Balaban J connectivity index is 5.22. The molecule has 5 atom stereocenters. The Morgan fingerprint density at radius 3 is 0.747 bits per heavy atom. The molecule has 19 heteroatoms. The Morgan fingerprint density at radius 1 is 0.297 bits per heavy atom. The molecule has 0 fully saturated rings. The fraction of sp³-hybridized carbons (Fsp3) is 0.944. The van der Waals surface area contributed by atoms with E-state index in [2.05, 4.69) is 48.5 Å². The molecule has 91 heavy (non-hydrogen) atoms. The number of carbonyl (C=O) groups is 4. The van der Waals surface area contributed by atoms with Crippen LogP contribution in [0.1, 0.15) is 363 Å². The van der Waals surface area contributed by atoms with Gasteiger partial charge in [-0.25, -0.2) is 9.13 Å². The minimum Gasteiger partial charge on any atom is -0.462 e. The molecule has 0 bridgehead atoms. The molecule has 0 saturated heterocycles. The maximum Gasteiger partial charge on any atom is 0.472 e. The van der Waals surface area contributed by atoms with E-state index in [9.17, 15) is 43.2 Å². The number of aliphatic hydroxyl groups is 1. The zero-order valence-corrected chi connectivity index (χ0v) is 61.1. The van der Waals surface area contributed by atoms with Gasteiger partial charge < -0.3 is 33.8 Å². The van der Waals surface area contributed by atoms with E-state index in [-0.39, 0.29) is 25.7 Å². The number of unbranched alkanes of at least 4 members (excludes halogenated alkanes) is 38. The number of phosphoric ester groups is 2. The molecule has 0 aromatic carbocycles. The molecule has 0 rings (SSSR count). The number of carbonyl (C=O) groups excluding carboxylic acids is 4. The van der Waals surface area contributed by atoms with Crippen LogP contribution in [-0.2, 0) is 65.4 Å². The van der Waals surface area contributed by atoms with Crippen LogP contribution in [0.2, 0.25) is 0 Å². The van der Waals surface area contributed by atoms with Gasteiger partial charge in [-0.15, -0.1) is 0 Å². The van der Waals surface area contributed by atoms with E-state index in [4.69, 9.17) is 37.0 Å². The Bertz CT molecular complexity index is 1780. The van der Waals surface area contributed by atoms with Crippen molar-refractivity contribution in [3.63, 3.8) is 0 Å². The Labute approximate surface area is 556 Å². The van der Waals surface area contributed by atoms with Gasteiger partial charge in [-0.2, -0.15) is 0 Å². The maximum absolute atomic E-state index is 13.0. The molecule has 0 aliphatic carbocycles. The van der Waals surface area contributed by atoms with E-state index in [1.54, 1.807) is 0 Å². The van der Waals surface area contributed by atoms with Gasteiger partial charge in [-0.05, 0) is 43.4 Å². The van der Waals surface area contributed by atoms with Crippen LogP contribution in [0.15, 0.2) is 0 Å². The second-order valence-corrected chi connectivity index (χ2v) is 30.3. The standard InChI is InChI=1S/C72H140O17P2/c1-8-9-10-11-12-13-14-18-22-25-32-39-46-53-69(74)82-59-67(88-71(76)55-48-41-33-26-23-20-17-15-16-19-21-24-29-36-43-50-63(2)3)61-86-90(78,79)84-57-66(73)58-85-91(80,81)87-62-68(89-72(77)56-49-42-35-28-31-38-45-52-65(6)7)60-83-70(75)54-47-40-34-27-30-37-44-51-64(4)5/h63-68,73H,8-62H2,1-7H3,(H,78,79)(H,80,81)/t66-,67-,68-/m1/s1. The van der Waals surface area contributed by atoms with E-state index in [0.717, 1.165) is 102 Å². The van der Waals surface area contributed by atoms with Gasteiger partial charge in [-0.1, -0.05) is 312 Å². The lowest BCUT2D eigenvalue weighted by atomic mass is 10.0. The minimum absolute atomic E-state index is 0.103. The van der Waals surface area contributed by atoms with Crippen molar-refractivity contribution >= 4 is 39.5 Å². The van der Waals surface area contributed by atoms with Crippen molar-refractivity contribution in [1.29, 1.82) is 0 Å². The summed E-state index contributed by atoms with van der Waals surface area (Å²) in [7, 11) is -9.90. The van der Waals surface area contributed by atoms with Crippen LogP contribution in [0.5, 0.6) is 0 Å². The first kappa shape index (κ1) is 89.1. The fourth-order valence-corrected chi connectivity index (χ4v) is 12.5. The van der Waals surface area contributed by atoms with Crippen molar-refractivity contribution < 1.29 is 80.2 Å². The Kier molecular flexibility index (Phi) is 61.5. The average molecular weight is 1340 g/mol. The molecule has 0 saturated carbocycles. The summed E-state index contributed by atoms with van der Waals surface area (Å²) in [4.78, 5) is 72.6. The monoisotopic (exact) mass is 1340 g/mol. The lowest BCUT2D eigenvalue weighted by molar-refractivity contribution is -0.161. The van der Waals surface area contributed by atoms with E-state index in [0.29, 0.717) is 37.5 Å². The molecule has 0 aliphatic heterocycles. The van der Waals surface area contributed by atoms with Crippen LogP contribution in [0, 0.1) is 17.8 Å². The summed E-state index contributed by atoms with van der Waals surface area (Å²) in [5, 5.41) is 10.6. The summed E-state index contributed by atoms with van der Waals surface area (Å²) in [5.74, 6) is 0.0777. The second kappa shape index (κ2) is 62.8. The van der Waals surface area contributed by atoms with Crippen molar-refractivity contribution in [1.82, 2.24) is 0 Å². The van der Waals surface area contributed by atoms with E-state index < -0.39 is 97.5 Å². The number of hydrogen-bond acceptors (Lipinski definition) is 15. The van der Waals surface area contributed by atoms with Crippen molar-refractivity contribution in [2.24, 2.45) is 17.8 Å². The number of hydrogen-bond donors (Lipinski definition) is 3. The quantitative estimate of drug-likeness (QED) is 0.0222. The first-order chi connectivity index (χ1) is 43.7. The van der Waals surface area contributed by atoms with Crippen LogP contribution < -0.4 is 0 Å². The number of rotatable bonds is 70. The number of esters is 4. The maximum atomic E-state index is 13.0. The van der Waals surface area contributed by atoms with Crippen LogP contribution in [-0.4, -0.2) is 96.7 Å². The Morgan fingerprint density at radius 2 is 0.505 bits per heavy atom. The smallest absolute Gasteiger partial charge is 0.462 e. The first-order valence-corrected chi connectivity index (χ1v) is 40.3. The van der Waals surface area contributed by atoms with Gasteiger partial charge in [0.25, 0.3) is 0 Å². The Hall–Kier alpha value is -1.94. The van der Waals surface area contributed by atoms with Crippen molar-refractivity contribution in [3.05, 3.63) is 0 Å². The SMILES string of the molecule is CCCCCCCCCCCCCCCC(=O)OC[C@H](COP(=O)(O)OC[C@@H](O)COP(=O)(O)OC[C@@H](COC(=O)CCCCCCCCCC(C)C)OC(=O)CCCCCCCCCC(C)C)OC(=O)CCCCCCCCCCCCCCCCCC(C)C. The highest BCUT2D eigenvalue weighted by Gasteiger charge is 2.30. The predicted octanol–water partition coefficient (Wildman–Crippen LogP) is 20.6. The molecule has 0 aliphatic rings. The van der Waals surface area contributed by atoms with Gasteiger partial charge >= 0.3 is 39.5 Å². The molecule has 0 aromatic heterocycles. The molecule has 17 nitrogen and oxygen atoms in total. The summed E-state index contributed by atoms with van der Waals surface area (Å²) < 4.78 is 68.3. The van der Waals surface area contributed by atoms with Gasteiger partial charge in [0.1, 0.15) is 19.3 Å². The van der Waals surface area contributed by atoms with Crippen LogP contribution in [0.25, 0.3) is 0 Å². The molecule has 0 amide bonds. The van der Waals surface area contributed by atoms with Crippen LogP contribution >= 0.6 is 15.6 Å². The average Bonchev–Trinajstić information content (AvgIpc) is 3.51. The highest BCUT2D eigenvalue weighted by molar-refractivity contribution is 7.47. The first-order valence-electron chi connectivity index (χ1n) is 37.3. The van der Waals surface area contributed by atoms with Crippen LogP contribution in [0.3, 0.4) is 0 Å².